The summed E-state index contributed by atoms with van der Waals surface area (Å²) in [6.45, 7) is 3.53. The summed E-state index contributed by atoms with van der Waals surface area (Å²) in [5.74, 6) is -3.05. The lowest BCUT2D eigenvalue weighted by Crippen LogP contribution is -2.48. The van der Waals surface area contributed by atoms with Gasteiger partial charge >= 0.3 is 5.97 Å². The van der Waals surface area contributed by atoms with Crippen LogP contribution in [0.4, 0.5) is 15.8 Å². The lowest BCUT2D eigenvalue weighted by Gasteiger charge is -2.38. The maximum absolute atomic E-state index is 14.9. The highest BCUT2D eigenvalue weighted by Gasteiger charge is 2.44. The Morgan fingerprint density at radius 2 is 1.93 bits per heavy atom. The molecule has 4 rings (SSSR count). The van der Waals surface area contributed by atoms with Crippen molar-refractivity contribution in [2.24, 2.45) is 5.92 Å². The molecule has 1 atom stereocenters. The number of halogens is 1. The minimum absolute atomic E-state index is 0.0227. The van der Waals surface area contributed by atoms with E-state index >= 15 is 0 Å². The van der Waals surface area contributed by atoms with Crippen LogP contribution in [-0.4, -0.2) is 60.6 Å². The number of nitrogens with zero attached hydrogens (tertiary/aromatic N) is 4. The minimum Gasteiger partial charge on any atom is -0.481 e. The number of benzene rings is 1. The Kier molecular flexibility index (Phi) is 4.94. The second-order valence-electron chi connectivity index (χ2n) is 7.70. The van der Waals surface area contributed by atoms with Gasteiger partial charge < -0.3 is 14.9 Å². The minimum atomic E-state index is -1.15. The van der Waals surface area contributed by atoms with Crippen molar-refractivity contribution in [3.05, 3.63) is 23.5 Å². The van der Waals surface area contributed by atoms with Crippen molar-refractivity contribution < 1.29 is 19.1 Å². The number of anilines is 2. The van der Waals surface area contributed by atoms with Crippen molar-refractivity contribution in [3.63, 3.8) is 0 Å². The Labute approximate surface area is 162 Å². The molecule has 7 nitrogen and oxygen atoms in total. The van der Waals surface area contributed by atoms with Gasteiger partial charge in [0, 0.05) is 50.9 Å². The van der Waals surface area contributed by atoms with Gasteiger partial charge in [0.05, 0.1) is 11.8 Å². The number of carbonyl (C=O) groups is 2. The molecule has 1 saturated carbocycles. The Morgan fingerprint density at radius 1 is 1.21 bits per heavy atom. The van der Waals surface area contributed by atoms with Crippen LogP contribution in [0.1, 0.15) is 24.8 Å². The molecule has 1 aromatic carbocycles. The van der Waals surface area contributed by atoms with Gasteiger partial charge in [0.2, 0.25) is 5.91 Å². The largest absolute Gasteiger partial charge is 0.481 e. The average molecular weight is 386 g/mol. The second kappa shape index (κ2) is 7.40. The van der Waals surface area contributed by atoms with E-state index < -0.39 is 11.9 Å². The van der Waals surface area contributed by atoms with Crippen molar-refractivity contribution in [3.8, 4) is 6.07 Å². The summed E-state index contributed by atoms with van der Waals surface area (Å²) in [6.07, 6.45) is 2.21. The number of fused-ring (bicyclic) bond motifs is 1. The summed E-state index contributed by atoms with van der Waals surface area (Å²) in [5.41, 5.74) is 1.71. The number of nitriles is 1. The van der Waals surface area contributed by atoms with E-state index in [0.29, 0.717) is 36.4 Å². The second-order valence-corrected chi connectivity index (χ2v) is 7.70. The summed E-state index contributed by atoms with van der Waals surface area (Å²) in [7, 11) is 0. The zero-order valence-corrected chi connectivity index (χ0v) is 15.6. The Hall–Kier alpha value is -2.66. The lowest BCUT2D eigenvalue weighted by molar-refractivity contribution is -0.146. The average Bonchev–Trinajstić information content (AvgIpc) is 3.51. The van der Waals surface area contributed by atoms with Gasteiger partial charge in [-0.15, -0.1) is 0 Å². The molecule has 1 saturated heterocycles. The fourth-order valence-corrected chi connectivity index (χ4v) is 4.14. The molecule has 1 amide bonds. The highest BCUT2D eigenvalue weighted by atomic mass is 19.1. The van der Waals surface area contributed by atoms with Crippen LogP contribution >= 0.6 is 0 Å². The molecule has 8 heteroatoms. The molecule has 1 N–H and O–H groups in total. The number of amides is 1. The van der Waals surface area contributed by atoms with Gasteiger partial charge in [-0.2, -0.15) is 5.26 Å². The molecular formula is C20H23FN4O3. The zero-order valence-electron chi connectivity index (χ0n) is 15.6. The van der Waals surface area contributed by atoms with Gasteiger partial charge in [-0.3, -0.25) is 14.5 Å². The molecular weight excluding hydrogens is 363 g/mol. The molecule has 0 aromatic heterocycles. The van der Waals surface area contributed by atoms with Crippen LogP contribution in [0.2, 0.25) is 0 Å². The summed E-state index contributed by atoms with van der Waals surface area (Å²) in [5, 5.41) is 18.1. The SMILES string of the molecule is N#CCCN1CCN(c2cc3c(cc2F)CC(C(=O)O)C(=O)N3C2CC2)CC1. The van der Waals surface area contributed by atoms with Gasteiger partial charge in [-0.1, -0.05) is 0 Å². The summed E-state index contributed by atoms with van der Waals surface area (Å²) < 4.78 is 14.9. The molecule has 2 fully saturated rings. The zero-order chi connectivity index (χ0) is 19.8. The predicted molar refractivity (Wildman–Crippen MR) is 101 cm³/mol. The van der Waals surface area contributed by atoms with E-state index in [-0.39, 0.29) is 24.2 Å². The van der Waals surface area contributed by atoms with Crippen molar-refractivity contribution in [1.82, 2.24) is 4.90 Å². The third-order valence-electron chi connectivity index (χ3n) is 5.83. The van der Waals surface area contributed by atoms with Crippen LogP contribution < -0.4 is 9.80 Å². The molecule has 0 radical (unpaired) electrons. The quantitative estimate of drug-likeness (QED) is 0.774. The lowest BCUT2D eigenvalue weighted by atomic mass is 9.91. The van der Waals surface area contributed by atoms with Gasteiger partial charge in [0.25, 0.3) is 0 Å². The third-order valence-corrected chi connectivity index (χ3v) is 5.83. The van der Waals surface area contributed by atoms with Gasteiger partial charge in [-0.25, -0.2) is 4.39 Å². The molecule has 28 heavy (non-hydrogen) atoms. The van der Waals surface area contributed by atoms with Crippen molar-refractivity contribution in [2.45, 2.75) is 31.7 Å². The first-order valence-electron chi connectivity index (χ1n) is 9.72. The van der Waals surface area contributed by atoms with E-state index in [9.17, 15) is 19.1 Å². The van der Waals surface area contributed by atoms with E-state index in [1.54, 1.807) is 11.0 Å². The molecule has 3 aliphatic rings. The number of carboxylic acid groups (broad SMARTS) is 1. The van der Waals surface area contributed by atoms with E-state index in [2.05, 4.69) is 11.0 Å². The van der Waals surface area contributed by atoms with Crippen LogP contribution in [0.15, 0.2) is 12.1 Å². The molecule has 0 bridgehead atoms. The Morgan fingerprint density at radius 3 is 2.54 bits per heavy atom. The molecule has 2 heterocycles. The monoisotopic (exact) mass is 386 g/mol. The Bertz CT molecular complexity index is 841. The number of hydrogen-bond acceptors (Lipinski definition) is 5. The van der Waals surface area contributed by atoms with Crippen LogP contribution in [0, 0.1) is 23.1 Å². The normalized spacial score (nSPS) is 22.7. The van der Waals surface area contributed by atoms with E-state index in [1.807, 2.05) is 4.90 Å². The van der Waals surface area contributed by atoms with Gasteiger partial charge in [-0.05, 0) is 37.0 Å². The maximum Gasteiger partial charge on any atom is 0.316 e. The number of aliphatic carboxylic acids is 1. The molecule has 1 unspecified atom stereocenters. The first kappa shape index (κ1) is 18.7. The van der Waals surface area contributed by atoms with Crippen LogP contribution in [0.3, 0.4) is 0 Å². The predicted octanol–water partition coefficient (Wildman–Crippen LogP) is 1.61. The van der Waals surface area contributed by atoms with Gasteiger partial charge in [0.15, 0.2) is 0 Å². The fraction of sp³-hybridized carbons (Fsp3) is 0.550. The standard InChI is InChI=1S/C20H23FN4O3/c21-16-11-13-10-15(20(27)28)19(26)25(14-2-3-14)17(13)12-18(16)24-8-6-23(7-9-24)5-1-4-22/h11-12,14-15H,1-3,5-10H2,(H,27,28). The summed E-state index contributed by atoms with van der Waals surface area (Å²) >= 11 is 0. The first-order chi connectivity index (χ1) is 13.5. The number of hydrogen-bond donors (Lipinski definition) is 1. The van der Waals surface area contributed by atoms with E-state index in [4.69, 9.17) is 5.26 Å². The summed E-state index contributed by atoms with van der Waals surface area (Å²) in [6, 6.07) is 5.30. The van der Waals surface area contributed by atoms with Crippen molar-refractivity contribution in [2.75, 3.05) is 42.5 Å². The van der Waals surface area contributed by atoms with E-state index in [1.165, 1.54) is 6.07 Å². The number of carbonyl (C=O) groups excluding carboxylic acids is 1. The molecule has 148 valence electrons. The summed E-state index contributed by atoms with van der Waals surface area (Å²) in [4.78, 5) is 30.0. The Balaban J connectivity index is 1.60. The number of carboxylic acids is 1. The first-order valence-corrected chi connectivity index (χ1v) is 9.72. The third kappa shape index (κ3) is 3.42. The number of rotatable bonds is 5. The highest BCUT2D eigenvalue weighted by molar-refractivity contribution is 6.09. The molecule has 0 spiro atoms. The molecule has 2 aliphatic heterocycles. The van der Waals surface area contributed by atoms with Crippen LogP contribution in [-0.2, 0) is 16.0 Å². The topological polar surface area (TPSA) is 87.9 Å². The van der Waals surface area contributed by atoms with Gasteiger partial charge in [0.1, 0.15) is 11.7 Å². The molecule has 1 aromatic rings. The maximum atomic E-state index is 14.9. The van der Waals surface area contributed by atoms with Crippen molar-refractivity contribution in [1.29, 1.82) is 5.26 Å². The van der Waals surface area contributed by atoms with Crippen LogP contribution in [0.25, 0.3) is 0 Å². The van der Waals surface area contributed by atoms with Crippen LogP contribution in [0.5, 0.6) is 0 Å². The van der Waals surface area contributed by atoms with E-state index in [0.717, 1.165) is 32.5 Å². The smallest absolute Gasteiger partial charge is 0.316 e. The number of piperazine rings is 1. The highest BCUT2D eigenvalue weighted by Crippen LogP contribution is 2.42. The molecule has 1 aliphatic carbocycles. The van der Waals surface area contributed by atoms with Crippen molar-refractivity contribution >= 4 is 23.3 Å². The fourth-order valence-electron chi connectivity index (χ4n) is 4.14.